The predicted octanol–water partition coefficient (Wildman–Crippen LogP) is 2.31. The summed E-state index contributed by atoms with van der Waals surface area (Å²) >= 11 is 5.52. The van der Waals surface area contributed by atoms with E-state index < -0.39 is 0 Å². The minimum Gasteiger partial charge on any atom is -0.353 e. The van der Waals surface area contributed by atoms with E-state index in [9.17, 15) is 4.79 Å². The molecule has 2 unspecified atom stereocenters. The largest absolute Gasteiger partial charge is 0.353 e. The Morgan fingerprint density at radius 2 is 1.86 bits per heavy atom. The van der Waals surface area contributed by atoms with Crippen molar-refractivity contribution in [2.45, 2.75) is 44.6 Å². The van der Waals surface area contributed by atoms with Crippen molar-refractivity contribution in [3.8, 4) is 0 Å². The zero-order valence-corrected chi connectivity index (χ0v) is 9.22. The van der Waals surface area contributed by atoms with Gasteiger partial charge in [0.05, 0.1) is 0 Å². The Bertz CT molecular complexity index is 207. The molecule has 1 amide bonds. The normalized spacial score (nSPS) is 35.6. The summed E-state index contributed by atoms with van der Waals surface area (Å²) in [5, 5.41) is 3.10. The summed E-state index contributed by atoms with van der Waals surface area (Å²) < 4.78 is 0. The smallest absolute Gasteiger partial charge is 0.221 e. The van der Waals surface area contributed by atoms with Gasteiger partial charge in [0, 0.05) is 18.3 Å². The second-order valence-corrected chi connectivity index (χ2v) is 5.10. The number of nitrogens with one attached hydrogen (secondary N) is 1. The molecule has 2 atom stereocenters. The van der Waals surface area contributed by atoms with Crippen molar-refractivity contribution in [3.05, 3.63) is 0 Å². The van der Waals surface area contributed by atoms with Gasteiger partial charge in [0.1, 0.15) is 0 Å². The van der Waals surface area contributed by atoms with Gasteiger partial charge in [-0.25, -0.2) is 0 Å². The summed E-state index contributed by atoms with van der Waals surface area (Å²) in [6.45, 7) is 0. The van der Waals surface area contributed by atoms with Crippen LogP contribution in [0.4, 0.5) is 0 Å². The average molecular weight is 216 g/mol. The van der Waals surface area contributed by atoms with E-state index in [0.717, 1.165) is 11.8 Å². The number of carbonyl (C=O) groups is 1. The Morgan fingerprint density at radius 3 is 2.43 bits per heavy atom. The molecule has 2 bridgehead atoms. The average Bonchev–Trinajstić information content (AvgIpc) is 2.46. The maximum absolute atomic E-state index is 11.3. The standard InChI is InChI=1S/C11H18ClNO/c12-4-3-11(14)13-10-6-8-1-2-9(5-8)7-10/h8-10H,1-7H2,(H,13,14). The molecule has 14 heavy (non-hydrogen) atoms. The summed E-state index contributed by atoms with van der Waals surface area (Å²) in [5.41, 5.74) is 0. The first-order valence-electron chi connectivity index (χ1n) is 5.63. The molecule has 1 N–H and O–H groups in total. The molecule has 2 fully saturated rings. The van der Waals surface area contributed by atoms with Crippen LogP contribution in [0.2, 0.25) is 0 Å². The number of hydrogen-bond donors (Lipinski definition) is 1. The van der Waals surface area contributed by atoms with Gasteiger partial charge in [-0.15, -0.1) is 11.6 Å². The molecule has 2 rings (SSSR count). The summed E-state index contributed by atoms with van der Waals surface area (Å²) in [5.74, 6) is 2.34. The van der Waals surface area contributed by atoms with E-state index in [2.05, 4.69) is 5.32 Å². The van der Waals surface area contributed by atoms with Crippen molar-refractivity contribution in [3.63, 3.8) is 0 Å². The van der Waals surface area contributed by atoms with Gasteiger partial charge >= 0.3 is 0 Å². The number of carbonyl (C=O) groups excluding carboxylic acids is 1. The van der Waals surface area contributed by atoms with E-state index >= 15 is 0 Å². The fourth-order valence-electron chi connectivity index (χ4n) is 3.01. The fourth-order valence-corrected chi connectivity index (χ4v) is 3.18. The van der Waals surface area contributed by atoms with Crippen molar-refractivity contribution >= 4 is 17.5 Å². The zero-order chi connectivity index (χ0) is 9.97. The molecule has 0 spiro atoms. The highest BCUT2D eigenvalue weighted by Gasteiger charge is 2.34. The molecule has 0 aromatic heterocycles. The fraction of sp³-hybridized carbons (Fsp3) is 0.909. The van der Waals surface area contributed by atoms with E-state index in [0.29, 0.717) is 18.3 Å². The topological polar surface area (TPSA) is 29.1 Å². The van der Waals surface area contributed by atoms with Gasteiger partial charge in [-0.1, -0.05) is 12.8 Å². The second kappa shape index (κ2) is 4.52. The molecule has 2 aliphatic carbocycles. The quantitative estimate of drug-likeness (QED) is 0.720. The molecule has 0 saturated heterocycles. The van der Waals surface area contributed by atoms with E-state index in [1.807, 2.05) is 0 Å². The van der Waals surface area contributed by atoms with Crippen molar-refractivity contribution in [2.24, 2.45) is 11.8 Å². The lowest BCUT2D eigenvalue weighted by atomic mass is 9.85. The summed E-state index contributed by atoms with van der Waals surface area (Å²) in [6.07, 6.45) is 7.03. The van der Waals surface area contributed by atoms with Crippen LogP contribution in [0.15, 0.2) is 0 Å². The summed E-state index contributed by atoms with van der Waals surface area (Å²) in [6, 6.07) is 0.442. The lowest BCUT2D eigenvalue weighted by Gasteiger charge is -2.28. The summed E-state index contributed by atoms with van der Waals surface area (Å²) in [7, 11) is 0. The third-order valence-electron chi connectivity index (χ3n) is 3.57. The Labute approximate surface area is 90.4 Å². The zero-order valence-electron chi connectivity index (χ0n) is 8.47. The Hall–Kier alpha value is -0.240. The number of alkyl halides is 1. The van der Waals surface area contributed by atoms with Crippen LogP contribution in [0.25, 0.3) is 0 Å². The number of rotatable bonds is 3. The van der Waals surface area contributed by atoms with Crippen LogP contribution in [0, 0.1) is 11.8 Å². The first-order chi connectivity index (χ1) is 6.78. The Balaban J connectivity index is 1.79. The molecule has 0 radical (unpaired) electrons. The SMILES string of the molecule is O=C(CCCl)NC1CC2CCC(C2)C1. The maximum Gasteiger partial charge on any atom is 0.221 e. The van der Waals surface area contributed by atoms with Crippen molar-refractivity contribution < 1.29 is 4.79 Å². The highest BCUT2D eigenvalue weighted by Crippen LogP contribution is 2.41. The number of hydrogen-bond acceptors (Lipinski definition) is 1. The van der Waals surface area contributed by atoms with Crippen LogP contribution in [-0.4, -0.2) is 17.8 Å². The van der Waals surface area contributed by atoms with Gasteiger partial charge in [0.25, 0.3) is 0 Å². The predicted molar refractivity (Wildman–Crippen MR) is 57.3 cm³/mol. The van der Waals surface area contributed by atoms with Crippen LogP contribution in [0.1, 0.15) is 38.5 Å². The Morgan fingerprint density at radius 1 is 1.21 bits per heavy atom. The summed E-state index contributed by atoms with van der Waals surface area (Å²) in [4.78, 5) is 11.3. The Kier molecular flexibility index (Phi) is 3.32. The highest BCUT2D eigenvalue weighted by atomic mass is 35.5. The van der Waals surface area contributed by atoms with Crippen LogP contribution in [-0.2, 0) is 4.79 Å². The molecule has 0 heterocycles. The van der Waals surface area contributed by atoms with E-state index in [-0.39, 0.29) is 5.91 Å². The van der Waals surface area contributed by atoms with Crippen LogP contribution < -0.4 is 5.32 Å². The van der Waals surface area contributed by atoms with Crippen LogP contribution in [0.3, 0.4) is 0 Å². The van der Waals surface area contributed by atoms with Gasteiger partial charge in [-0.2, -0.15) is 0 Å². The third-order valence-corrected chi connectivity index (χ3v) is 3.76. The number of halogens is 1. The second-order valence-electron chi connectivity index (χ2n) is 4.72. The molecule has 80 valence electrons. The molecule has 0 aromatic carbocycles. The molecule has 2 aliphatic rings. The lowest BCUT2D eigenvalue weighted by Crippen LogP contribution is -2.38. The van der Waals surface area contributed by atoms with Crippen LogP contribution >= 0.6 is 11.6 Å². The third kappa shape index (κ3) is 2.41. The molecular formula is C11H18ClNO. The molecule has 0 aromatic rings. The molecule has 0 aliphatic heterocycles. The van der Waals surface area contributed by atoms with Crippen molar-refractivity contribution in [1.29, 1.82) is 0 Å². The van der Waals surface area contributed by atoms with Gasteiger partial charge in [0.2, 0.25) is 5.91 Å². The van der Waals surface area contributed by atoms with E-state index in [1.54, 1.807) is 0 Å². The van der Waals surface area contributed by atoms with Crippen molar-refractivity contribution in [1.82, 2.24) is 5.32 Å². The highest BCUT2D eigenvalue weighted by molar-refractivity contribution is 6.18. The van der Waals surface area contributed by atoms with Gasteiger partial charge < -0.3 is 5.32 Å². The molecule has 3 heteroatoms. The van der Waals surface area contributed by atoms with E-state index in [1.165, 1.54) is 32.1 Å². The van der Waals surface area contributed by atoms with Gasteiger partial charge in [0.15, 0.2) is 0 Å². The molecular weight excluding hydrogens is 198 g/mol. The lowest BCUT2D eigenvalue weighted by molar-refractivity contribution is -0.121. The molecule has 2 nitrogen and oxygen atoms in total. The monoisotopic (exact) mass is 215 g/mol. The van der Waals surface area contributed by atoms with Crippen LogP contribution in [0.5, 0.6) is 0 Å². The minimum atomic E-state index is 0.131. The first kappa shape index (κ1) is 10.3. The van der Waals surface area contributed by atoms with Gasteiger partial charge in [-0.05, 0) is 31.1 Å². The first-order valence-corrected chi connectivity index (χ1v) is 6.16. The van der Waals surface area contributed by atoms with Crippen molar-refractivity contribution in [2.75, 3.05) is 5.88 Å². The maximum atomic E-state index is 11.3. The number of amides is 1. The molecule has 2 saturated carbocycles. The minimum absolute atomic E-state index is 0.131. The number of fused-ring (bicyclic) bond motifs is 2. The van der Waals surface area contributed by atoms with E-state index in [4.69, 9.17) is 11.6 Å². The van der Waals surface area contributed by atoms with Gasteiger partial charge in [-0.3, -0.25) is 4.79 Å².